The highest BCUT2D eigenvalue weighted by Gasteiger charge is 2.45. The summed E-state index contributed by atoms with van der Waals surface area (Å²) >= 11 is 11.9. The van der Waals surface area contributed by atoms with Crippen molar-refractivity contribution in [2.45, 2.75) is 12.3 Å². The van der Waals surface area contributed by atoms with Crippen molar-refractivity contribution in [2.75, 3.05) is 0 Å². The minimum atomic E-state index is -0.300. The van der Waals surface area contributed by atoms with Crippen LogP contribution >= 0.6 is 23.2 Å². The predicted octanol–water partition coefficient (Wildman–Crippen LogP) is 1.90. The van der Waals surface area contributed by atoms with Crippen molar-refractivity contribution < 1.29 is 4.79 Å². The zero-order chi connectivity index (χ0) is 12.6. The van der Waals surface area contributed by atoms with Crippen molar-refractivity contribution in [3.8, 4) is 0 Å². The molecule has 6 heteroatoms. The number of amides is 1. The van der Waals surface area contributed by atoms with Crippen LogP contribution in [0.4, 0.5) is 0 Å². The zero-order valence-electron chi connectivity index (χ0n) is 8.86. The Morgan fingerprint density at radius 2 is 2.06 bits per heavy atom. The number of benzene rings is 1. The van der Waals surface area contributed by atoms with Gasteiger partial charge in [-0.05, 0) is 36.1 Å². The molecule has 1 aliphatic carbocycles. The summed E-state index contributed by atoms with van der Waals surface area (Å²) in [6, 6.07) is 5.21. The van der Waals surface area contributed by atoms with Gasteiger partial charge in [0.1, 0.15) is 0 Å². The molecule has 1 aromatic rings. The van der Waals surface area contributed by atoms with E-state index in [0.29, 0.717) is 16.5 Å². The zero-order valence-corrected chi connectivity index (χ0v) is 10.4. The van der Waals surface area contributed by atoms with Gasteiger partial charge in [-0.15, -0.1) is 0 Å². The van der Waals surface area contributed by atoms with Crippen LogP contribution in [0.1, 0.15) is 17.9 Å². The van der Waals surface area contributed by atoms with E-state index >= 15 is 0 Å². The van der Waals surface area contributed by atoms with Gasteiger partial charge in [0.15, 0.2) is 5.96 Å². The molecule has 1 aromatic carbocycles. The molecule has 0 heterocycles. The fourth-order valence-corrected chi connectivity index (χ4v) is 2.26. The number of hydrogen-bond acceptors (Lipinski definition) is 1. The van der Waals surface area contributed by atoms with Crippen molar-refractivity contribution in [3.05, 3.63) is 33.8 Å². The highest BCUT2D eigenvalue weighted by molar-refractivity contribution is 6.33. The number of aliphatic imine (C=N–C) groups is 1. The second kappa shape index (κ2) is 4.55. The second-order valence-corrected chi connectivity index (χ2v) is 4.83. The van der Waals surface area contributed by atoms with E-state index < -0.39 is 0 Å². The van der Waals surface area contributed by atoms with Crippen LogP contribution in [0.15, 0.2) is 23.2 Å². The van der Waals surface area contributed by atoms with Crippen LogP contribution in [-0.2, 0) is 4.79 Å². The van der Waals surface area contributed by atoms with E-state index in [1.807, 2.05) is 0 Å². The van der Waals surface area contributed by atoms with Gasteiger partial charge in [0.25, 0.3) is 5.91 Å². The minimum absolute atomic E-state index is 0.0665. The fourth-order valence-electron chi connectivity index (χ4n) is 1.82. The lowest BCUT2D eigenvalue weighted by molar-refractivity contribution is -0.119. The van der Waals surface area contributed by atoms with Crippen LogP contribution < -0.4 is 11.5 Å². The van der Waals surface area contributed by atoms with Gasteiger partial charge in [0.2, 0.25) is 0 Å². The average molecular weight is 272 g/mol. The number of halogens is 2. The third kappa shape index (κ3) is 2.70. The quantitative estimate of drug-likeness (QED) is 0.637. The summed E-state index contributed by atoms with van der Waals surface area (Å²) in [6.45, 7) is 0. The van der Waals surface area contributed by atoms with E-state index in [0.717, 1.165) is 5.56 Å². The summed E-state index contributed by atoms with van der Waals surface area (Å²) in [4.78, 5) is 15.1. The molecule has 17 heavy (non-hydrogen) atoms. The summed E-state index contributed by atoms with van der Waals surface area (Å²) in [5.41, 5.74) is 11.2. The first-order valence-electron chi connectivity index (χ1n) is 5.07. The summed E-state index contributed by atoms with van der Waals surface area (Å²) in [5, 5.41) is 1.21. The molecular formula is C11H11Cl2N3O. The number of rotatable bonds is 2. The molecule has 4 nitrogen and oxygen atoms in total. The average Bonchev–Trinajstić information content (AvgIpc) is 3.00. The molecule has 1 aliphatic rings. The lowest BCUT2D eigenvalue weighted by Crippen LogP contribution is -2.24. The van der Waals surface area contributed by atoms with Gasteiger partial charge in [-0.3, -0.25) is 4.79 Å². The van der Waals surface area contributed by atoms with Crippen molar-refractivity contribution in [1.29, 1.82) is 0 Å². The van der Waals surface area contributed by atoms with Gasteiger partial charge < -0.3 is 11.5 Å². The van der Waals surface area contributed by atoms with E-state index in [1.54, 1.807) is 18.2 Å². The Labute approximate surface area is 109 Å². The first-order valence-corrected chi connectivity index (χ1v) is 5.83. The lowest BCUT2D eigenvalue weighted by Gasteiger charge is -2.03. The molecule has 0 aliphatic heterocycles. The number of carbonyl (C=O) groups is 1. The molecule has 2 rings (SSSR count). The number of nitrogens with two attached hydrogens (primary N) is 2. The minimum Gasteiger partial charge on any atom is -0.370 e. The molecule has 2 atom stereocenters. The number of nitrogens with zero attached hydrogens (tertiary/aromatic N) is 1. The van der Waals surface area contributed by atoms with Gasteiger partial charge in [-0.2, -0.15) is 4.99 Å². The molecule has 1 saturated carbocycles. The Bertz CT molecular complexity index is 497. The van der Waals surface area contributed by atoms with Crippen molar-refractivity contribution >= 4 is 35.1 Å². The Balaban J connectivity index is 2.15. The predicted molar refractivity (Wildman–Crippen MR) is 68.1 cm³/mol. The number of carbonyl (C=O) groups excluding carboxylic acids is 1. The Hall–Kier alpha value is -1.26. The highest BCUT2D eigenvalue weighted by Crippen LogP contribution is 2.50. The van der Waals surface area contributed by atoms with Crippen LogP contribution in [0.3, 0.4) is 0 Å². The van der Waals surface area contributed by atoms with Crippen LogP contribution in [0.2, 0.25) is 10.0 Å². The Kier molecular flexibility index (Phi) is 3.26. The van der Waals surface area contributed by atoms with Crippen molar-refractivity contribution in [1.82, 2.24) is 0 Å². The van der Waals surface area contributed by atoms with E-state index in [9.17, 15) is 4.79 Å². The highest BCUT2D eigenvalue weighted by atomic mass is 35.5. The molecule has 4 N–H and O–H groups in total. The van der Waals surface area contributed by atoms with Gasteiger partial charge in [-0.1, -0.05) is 23.2 Å². The molecule has 0 aromatic heterocycles. The van der Waals surface area contributed by atoms with Crippen molar-refractivity contribution in [2.24, 2.45) is 22.4 Å². The van der Waals surface area contributed by atoms with Gasteiger partial charge in [-0.25, -0.2) is 0 Å². The third-order valence-corrected chi connectivity index (χ3v) is 3.28. The Morgan fingerprint density at radius 3 is 2.71 bits per heavy atom. The second-order valence-electron chi connectivity index (χ2n) is 3.99. The maximum Gasteiger partial charge on any atom is 0.252 e. The summed E-state index contributed by atoms with van der Waals surface area (Å²) < 4.78 is 0. The first-order chi connectivity index (χ1) is 7.99. The molecule has 1 amide bonds. The molecule has 90 valence electrons. The van der Waals surface area contributed by atoms with Crippen LogP contribution in [0, 0.1) is 5.92 Å². The standard InChI is InChI=1S/C11H11Cl2N3O/c12-5-1-2-9(13)7(3-5)6-4-8(6)10(17)16-11(14)15/h1-3,6,8H,4H2,(H4,14,15,16,17). The van der Waals surface area contributed by atoms with E-state index in [-0.39, 0.29) is 23.7 Å². The maximum absolute atomic E-state index is 11.6. The largest absolute Gasteiger partial charge is 0.370 e. The molecule has 0 bridgehead atoms. The number of guanidine groups is 1. The normalized spacial score (nSPS) is 22.0. The van der Waals surface area contributed by atoms with Gasteiger partial charge in [0, 0.05) is 16.0 Å². The molecular weight excluding hydrogens is 261 g/mol. The molecule has 1 fully saturated rings. The monoisotopic (exact) mass is 271 g/mol. The summed E-state index contributed by atoms with van der Waals surface area (Å²) in [6.07, 6.45) is 0.704. The van der Waals surface area contributed by atoms with Crippen LogP contribution in [-0.4, -0.2) is 11.9 Å². The molecule has 0 spiro atoms. The maximum atomic E-state index is 11.6. The van der Waals surface area contributed by atoms with Gasteiger partial charge in [0.05, 0.1) is 0 Å². The first kappa shape index (κ1) is 12.2. The van der Waals surface area contributed by atoms with Crippen molar-refractivity contribution in [3.63, 3.8) is 0 Å². The lowest BCUT2D eigenvalue weighted by atomic mass is 10.1. The Morgan fingerprint density at radius 1 is 1.35 bits per heavy atom. The van der Waals surface area contributed by atoms with E-state index in [4.69, 9.17) is 34.7 Å². The molecule has 2 unspecified atom stereocenters. The smallest absolute Gasteiger partial charge is 0.252 e. The SMILES string of the molecule is NC(N)=NC(=O)C1CC1c1cc(Cl)ccc1Cl. The topological polar surface area (TPSA) is 81.5 Å². The van der Waals surface area contributed by atoms with Gasteiger partial charge >= 0.3 is 0 Å². The van der Waals surface area contributed by atoms with Crippen LogP contribution in [0.5, 0.6) is 0 Å². The summed E-state index contributed by atoms with van der Waals surface area (Å²) in [5.74, 6) is -0.631. The molecule has 0 saturated heterocycles. The summed E-state index contributed by atoms with van der Waals surface area (Å²) in [7, 11) is 0. The third-order valence-electron chi connectivity index (χ3n) is 2.70. The number of hydrogen-bond donors (Lipinski definition) is 2. The van der Waals surface area contributed by atoms with Crippen LogP contribution in [0.25, 0.3) is 0 Å². The fraction of sp³-hybridized carbons (Fsp3) is 0.273. The molecule has 0 radical (unpaired) electrons. The van der Waals surface area contributed by atoms with E-state index in [1.165, 1.54) is 0 Å². The van der Waals surface area contributed by atoms with E-state index in [2.05, 4.69) is 4.99 Å².